The summed E-state index contributed by atoms with van der Waals surface area (Å²) in [5.41, 5.74) is 0.366. The second-order valence-corrected chi connectivity index (χ2v) is 6.06. The van der Waals surface area contributed by atoms with E-state index in [9.17, 15) is 4.79 Å². The third kappa shape index (κ3) is 3.49. The molecule has 0 spiro atoms. The summed E-state index contributed by atoms with van der Waals surface area (Å²) in [5.74, 6) is 0.668. The monoisotopic (exact) mass is 309 g/mol. The second-order valence-electron chi connectivity index (χ2n) is 5.65. The first-order valence-electron chi connectivity index (χ1n) is 7.81. The lowest BCUT2D eigenvalue weighted by atomic mass is 10.1. The van der Waals surface area contributed by atoms with Gasteiger partial charge in [-0.25, -0.2) is 4.98 Å². The Labute approximate surface area is 131 Å². The highest BCUT2D eigenvalue weighted by molar-refractivity contribution is 6.33. The Morgan fingerprint density at radius 1 is 1.43 bits per heavy atom. The number of carbonyl (C=O) groups excluding carboxylic acids is 1. The number of hydrogen-bond donors (Lipinski definition) is 1. The largest absolute Gasteiger partial charge is 0.370 e. The van der Waals surface area contributed by atoms with Crippen molar-refractivity contribution >= 4 is 23.3 Å². The standard InChI is InChI=1S/C16H24ClN3O/c1-4-10-18-14-9-8-13(17)15(19-14)16(21)20-11(3)6-7-12(20)5-2/h8-9,11-12H,4-7,10H2,1-3H3,(H,18,19). The van der Waals surface area contributed by atoms with Gasteiger partial charge in [-0.3, -0.25) is 4.79 Å². The molecule has 1 N–H and O–H groups in total. The van der Waals surface area contributed by atoms with Gasteiger partial charge in [0.25, 0.3) is 5.91 Å². The van der Waals surface area contributed by atoms with Crippen LogP contribution >= 0.6 is 11.6 Å². The first-order chi connectivity index (χ1) is 10.1. The van der Waals surface area contributed by atoms with Crippen LogP contribution < -0.4 is 5.32 Å². The van der Waals surface area contributed by atoms with Gasteiger partial charge in [-0.05, 0) is 44.7 Å². The van der Waals surface area contributed by atoms with Crippen molar-refractivity contribution in [3.63, 3.8) is 0 Å². The Morgan fingerprint density at radius 2 is 2.19 bits per heavy atom. The lowest BCUT2D eigenvalue weighted by Crippen LogP contribution is -2.40. The SMILES string of the molecule is CCCNc1ccc(Cl)c(C(=O)N2C(C)CCC2CC)n1. The highest BCUT2D eigenvalue weighted by atomic mass is 35.5. The molecule has 0 aliphatic carbocycles. The number of aromatic nitrogens is 1. The molecule has 2 atom stereocenters. The van der Waals surface area contributed by atoms with E-state index in [1.54, 1.807) is 6.07 Å². The third-order valence-corrected chi connectivity index (χ3v) is 4.40. The number of nitrogens with zero attached hydrogens (tertiary/aromatic N) is 2. The van der Waals surface area contributed by atoms with Crippen LogP contribution in [0, 0.1) is 0 Å². The van der Waals surface area contributed by atoms with Crippen LogP contribution in [0.2, 0.25) is 5.02 Å². The van der Waals surface area contributed by atoms with E-state index in [2.05, 4.69) is 31.1 Å². The summed E-state index contributed by atoms with van der Waals surface area (Å²) < 4.78 is 0. The van der Waals surface area contributed by atoms with Crippen molar-refractivity contribution < 1.29 is 4.79 Å². The summed E-state index contributed by atoms with van der Waals surface area (Å²) in [6, 6.07) is 4.13. The van der Waals surface area contributed by atoms with E-state index in [4.69, 9.17) is 11.6 Å². The van der Waals surface area contributed by atoms with Crippen molar-refractivity contribution in [1.29, 1.82) is 0 Å². The fraction of sp³-hybridized carbons (Fsp3) is 0.625. The lowest BCUT2D eigenvalue weighted by Gasteiger charge is -2.28. The average molecular weight is 310 g/mol. The van der Waals surface area contributed by atoms with Crippen LogP contribution in [-0.4, -0.2) is 34.4 Å². The second kappa shape index (κ2) is 7.12. The van der Waals surface area contributed by atoms with Crippen molar-refractivity contribution in [3.8, 4) is 0 Å². The molecule has 1 amide bonds. The molecule has 0 radical (unpaired) electrons. The van der Waals surface area contributed by atoms with Crippen LogP contribution in [-0.2, 0) is 0 Å². The number of hydrogen-bond acceptors (Lipinski definition) is 3. The number of likely N-dealkylation sites (tertiary alicyclic amines) is 1. The number of amides is 1. The normalized spacial score (nSPS) is 21.6. The van der Waals surface area contributed by atoms with Gasteiger partial charge in [0.15, 0.2) is 0 Å². The van der Waals surface area contributed by atoms with Crippen LogP contribution in [0.5, 0.6) is 0 Å². The van der Waals surface area contributed by atoms with Crippen LogP contribution in [0.3, 0.4) is 0 Å². The Bertz CT molecular complexity index is 506. The van der Waals surface area contributed by atoms with Gasteiger partial charge in [-0.2, -0.15) is 0 Å². The summed E-state index contributed by atoms with van der Waals surface area (Å²) in [6.07, 6.45) is 4.10. The van der Waals surface area contributed by atoms with Gasteiger partial charge in [0, 0.05) is 18.6 Å². The molecule has 2 rings (SSSR count). The Balaban J connectivity index is 2.25. The number of halogens is 1. The first-order valence-corrected chi connectivity index (χ1v) is 8.19. The molecule has 116 valence electrons. The summed E-state index contributed by atoms with van der Waals surface area (Å²) in [4.78, 5) is 19.2. The average Bonchev–Trinajstić information content (AvgIpc) is 2.86. The van der Waals surface area contributed by atoms with Crippen molar-refractivity contribution in [1.82, 2.24) is 9.88 Å². The number of carbonyl (C=O) groups is 1. The molecule has 0 aromatic carbocycles. The van der Waals surface area contributed by atoms with Crippen molar-refractivity contribution in [2.75, 3.05) is 11.9 Å². The van der Waals surface area contributed by atoms with Crippen molar-refractivity contribution in [2.24, 2.45) is 0 Å². The van der Waals surface area contributed by atoms with Crippen molar-refractivity contribution in [3.05, 3.63) is 22.8 Å². The summed E-state index contributed by atoms with van der Waals surface area (Å²) in [5, 5.41) is 3.63. The van der Waals surface area contributed by atoms with E-state index in [0.29, 0.717) is 22.6 Å². The number of nitrogens with one attached hydrogen (secondary N) is 1. The molecule has 1 saturated heterocycles. The number of rotatable bonds is 5. The molecule has 1 fully saturated rings. The van der Waals surface area contributed by atoms with E-state index >= 15 is 0 Å². The third-order valence-electron chi connectivity index (χ3n) is 4.10. The molecular weight excluding hydrogens is 286 g/mol. The maximum atomic E-state index is 12.8. The Hall–Kier alpha value is -1.29. The Kier molecular flexibility index (Phi) is 5.45. The van der Waals surface area contributed by atoms with Gasteiger partial charge >= 0.3 is 0 Å². The molecule has 0 saturated carbocycles. The van der Waals surface area contributed by atoms with E-state index in [0.717, 1.165) is 32.2 Å². The maximum Gasteiger partial charge on any atom is 0.274 e. The highest BCUT2D eigenvalue weighted by Gasteiger charge is 2.35. The van der Waals surface area contributed by atoms with Gasteiger partial charge in [-0.1, -0.05) is 25.4 Å². The molecule has 1 aromatic heterocycles. The number of pyridine rings is 1. The van der Waals surface area contributed by atoms with Gasteiger partial charge in [0.2, 0.25) is 0 Å². The molecule has 2 heterocycles. The van der Waals surface area contributed by atoms with Gasteiger partial charge in [0.05, 0.1) is 5.02 Å². The van der Waals surface area contributed by atoms with E-state index < -0.39 is 0 Å². The summed E-state index contributed by atoms with van der Waals surface area (Å²) in [6.45, 7) is 7.14. The van der Waals surface area contributed by atoms with Gasteiger partial charge < -0.3 is 10.2 Å². The van der Waals surface area contributed by atoms with Crippen LogP contribution in [0.15, 0.2) is 12.1 Å². The highest BCUT2D eigenvalue weighted by Crippen LogP contribution is 2.29. The van der Waals surface area contributed by atoms with E-state index in [1.807, 2.05) is 11.0 Å². The molecule has 2 unspecified atom stereocenters. The fourth-order valence-corrected chi connectivity index (χ4v) is 3.09. The fourth-order valence-electron chi connectivity index (χ4n) is 2.90. The number of anilines is 1. The molecule has 1 aromatic rings. The minimum absolute atomic E-state index is 0.0444. The molecule has 1 aliphatic heterocycles. The maximum absolute atomic E-state index is 12.8. The molecule has 5 heteroatoms. The minimum Gasteiger partial charge on any atom is -0.370 e. The van der Waals surface area contributed by atoms with Gasteiger partial charge in [-0.15, -0.1) is 0 Å². The van der Waals surface area contributed by atoms with Crippen LogP contribution in [0.1, 0.15) is 56.9 Å². The molecule has 21 heavy (non-hydrogen) atoms. The van der Waals surface area contributed by atoms with Crippen LogP contribution in [0.4, 0.5) is 5.82 Å². The minimum atomic E-state index is -0.0444. The summed E-state index contributed by atoms with van der Waals surface area (Å²) >= 11 is 6.20. The zero-order chi connectivity index (χ0) is 15.4. The summed E-state index contributed by atoms with van der Waals surface area (Å²) in [7, 11) is 0. The zero-order valence-electron chi connectivity index (χ0n) is 13.0. The smallest absolute Gasteiger partial charge is 0.274 e. The predicted octanol–water partition coefficient (Wildman–Crippen LogP) is 3.96. The molecule has 4 nitrogen and oxygen atoms in total. The van der Waals surface area contributed by atoms with Crippen molar-refractivity contribution in [2.45, 2.75) is 58.5 Å². The molecular formula is C16H24ClN3O. The quantitative estimate of drug-likeness (QED) is 0.895. The van der Waals surface area contributed by atoms with Crippen LogP contribution in [0.25, 0.3) is 0 Å². The molecule has 1 aliphatic rings. The topological polar surface area (TPSA) is 45.2 Å². The molecule has 0 bridgehead atoms. The zero-order valence-corrected chi connectivity index (χ0v) is 13.8. The van der Waals surface area contributed by atoms with E-state index in [1.165, 1.54) is 0 Å². The van der Waals surface area contributed by atoms with Gasteiger partial charge in [0.1, 0.15) is 11.5 Å². The Morgan fingerprint density at radius 3 is 2.86 bits per heavy atom. The lowest BCUT2D eigenvalue weighted by molar-refractivity contribution is 0.0670. The first kappa shape index (κ1) is 16.1. The predicted molar refractivity (Wildman–Crippen MR) is 87.0 cm³/mol. The van der Waals surface area contributed by atoms with E-state index in [-0.39, 0.29) is 11.9 Å².